The Balaban J connectivity index is 1.43. The number of imidazole rings is 1. The van der Waals surface area contributed by atoms with Crippen molar-refractivity contribution in [2.75, 3.05) is 19.8 Å². The Labute approximate surface area is 265 Å². The number of ether oxygens (including phenoxy) is 3. The number of aryl methyl sites for hydroxylation is 1. The quantitative estimate of drug-likeness (QED) is 0.154. The summed E-state index contributed by atoms with van der Waals surface area (Å²) in [6.45, 7) is 10.4. The zero-order chi connectivity index (χ0) is 31.7. The summed E-state index contributed by atoms with van der Waals surface area (Å²) >= 11 is 0. The molecule has 11 heteroatoms. The van der Waals surface area contributed by atoms with Crippen molar-refractivity contribution in [3.8, 4) is 17.3 Å². The third-order valence-electron chi connectivity index (χ3n) is 8.90. The summed E-state index contributed by atoms with van der Waals surface area (Å²) in [5, 5.41) is 0.181. The van der Waals surface area contributed by atoms with Gasteiger partial charge in [0, 0.05) is 37.9 Å². The lowest BCUT2D eigenvalue weighted by molar-refractivity contribution is -0.163. The maximum absolute atomic E-state index is 14.3. The van der Waals surface area contributed by atoms with Gasteiger partial charge in [-0.2, -0.15) is 0 Å². The van der Waals surface area contributed by atoms with Gasteiger partial charge in [0.15, 0.2) is 17.5 Å². The molecule has 2 fully saturated rings. The molecule has 0 N–H and O–H groups in total. The van der Waals surface area contributed by atoms with Gasteiger partial charge in [-0.1, -0.05) is 36.8 Å². The fourth-order valence-electron chi connectivity index (χ4n) is 6.01. The third kappa shape index (κ3) is 6.79. The molecule has 1 aliphatic heterocycles. The molecule has 1 saturated heterocycles. The van der Waals surface area contributed by atoms with E-state index >= 15 is 0 Å². The van der Waals surface area contributed by atoms with Crippen LogP contribution in [0.5, 0.6) is 5.88 Å². The van der Waals surface area contributed by atoms with Gasteiger partial charge < -0.3 is 18.8 Å². The fourth-order valence-corrected chi connectivity index (χ4v) is 6.39. The van der Waals surface area contributed by atoms with Crippen molar-refractivity contribution in [2.45, 2.75) is 90.4 Å². The van der Waals surface area contributed by atoms with Crippen LogP contribution in [0.15, 0.2) is 52.2 Å². The number of hydrogen-bond acceptors (Lipinski definition) is 7. The molecule has 3 aromatic heterocycles. The normalized spacial score (nSPS) is 21.5. The molecule has 0 radical (unpaired) electrons. The number of hydrogen-bond donors (Lipinski definition) is 0. The molecule has 2 aliphatic rings. The zero-order valence-corrected chi connectivity index (χ0v) is 27.9. The summed E-state index contributed by atoms with van der Waals surface area (Å²) in [6, 6.07) is 11.8. The van der Waals surface area contributed by atoms with Crippen molar-refractivity contribution < 1.29 is 14.2 Å². The van der Waals surface area contributed by atoms with E-state index < -0.39 is 0 Å². The van der Waals surface area contributed by atoms with E-state index in [1.165, 1.54) is 4.57 Å². The molecule has 6 rings (SSSR count). The number of nitrogens with zero attached hydrogens (tertiary/aromatic N) is 5. The smallest absolute Gasteiger partial charge is 0.332 e. The summed E-state index contributed by atoms with van der Waals surface area (Å²) in [4.78, 5) is 37.8. The molecule has 1 aromatic carbocycles. The van der Waals surface area contributed by atoms with Crippen LogP contribution in [-0.4, -0.2) is 54.9 Å². The first-order valence-corrected chi connectivity index (χ1v) is 16.6. The van der Waals surface area contributed by atoms with Crippen LogP contribution in [0.3, 0.4) is 0 Å². The minimum absolute atomic E-state index is 0.181. The molecule has 4 unspecified atom stereocenters. The minimum atomic E-state index is -0.376. The molecule has 0 spiro atoms. The summed E-state index contributed by atoms with van der Waals surface area (Å²) in [5.74, 6) is 1.43. The summed E-state index contributed by atoms with van der Waals surface area (Å²) in [5.41, 5.74) is 2.84. The van der Waals surface area contributed by atoms with Gasteiger partial charge in [0.05, 0.1) is 18.8 Å². The van der Waals surface area contributed by atoms with Crippen LogP contribution < -0.4 is 16.0 Å². The number of pyridine rings is 1. The van der Waals surface area contributed by atoms with E-state index in [-0.39, 0.29) is 35.3 Å². The van der Waals surface area contributed by atoms with Crippen LogP contribution in [0.25, 0.3) is 22.6 Å². The van der Waals surface area contributed by atoms with E-state index in [9.17, 15) is 9.59 Å². The van der Waals surface area contributed by atoms with Gasteiger partial charge >= 0.3 is 5.69 Å². The molecular formula is C34H44N5O5P. The molecule has 240 valence electrons. The largest absolute Gasteiger partial charge is 0.477 e. The highest BCUT2D eigenvalue weighted by Crippen LogP contribution is 2.51. The van der Waals surface area contributed by atoms with E-state index in [1.807, 2.05) is 37.5 Å². The lowest BCUT2D eigenvalue weighted by atomic mass is 10.1. The fraction of sp³-hybridized carbons (Fsp3) is 0.529. The SMILES string of the molecule is Cc1ccc(Cn2c(-c3cccnc3OCC3CC3(C)P)nc3c2c(=O)n(CCCOC2CCCCO2)c(=O)n3C(C)C)cc1. The van der Waals surface area contributed by atoms with Crippen LogP contribution in [0.2, 0.25) is 0 Å². The summed E-state index contributed by atoms with van der Waals surface area (Å²) < 4.78 is 22.7. The predicted molar refractivity (Wildman–Crippen MR) is 178 cm³/mol. The Morgan fingerprint density at radius 1 is 1.13 bits per heavy atom. The highest BCUT2D eigenvalue weighted by atomic mass is 31.0. The highest BCUT2D eigenvalue weighted by molar-refractivity contribution is 7.19. The van der Waals surface area contributed by atoms with Gasteiger partial charge in [-0.25, -0.2) is 14.8 Å². The zero-order valence-electron chi connectivity index (χ0n) is 26.7. The molecule has 1 aliphatic carbocycles. The van der Waals surface area contributed by atoms with Crippen molar-refractivity contribution in [3.63, 3.8) is 0 Å². The Kier molecular flexibility index (Phi) is 9.27. The van der Waals surface area contributed by atoms with E-state index in [0.717, 1.165) is 36.8 Å². The maximum Gasteiger partial charge on any atom is 0.332 e. The lowest BCUT2D eigenvalue weighted by Crippen LogP contribution is -2.41. The summed E-state index contributed by atoms with van der Waals surface area (Å²) in [7, 11) is 2.91. The first-order valence-electron chi connectivity index (χ1n) is 16.1. The van der Waals surface area contributed by atoms with Gasteiger partial charge in [-0.3, -0.25) is 13.9 Å². The summed E-state index contributed by atoms with van der Waals surface area (Å²) in [6.07, 6.45) is 6.06. The Morgan fingerprint density at radius 3 is 2.60 bits per heavy atom. The molecule has 4 aromatic rings. The predicted octanol–water partition coefficient (Wildman–Crippen LogP) is 5.33. The average molecular weight is 634 g/mol. The molecule has 0 bridgehead atoms. The van der Waals surface area contributed by atoms with E-state index in [2.05, 4.69) is 45.4 Å². The molecule has 4 atom stereocenters. The van der Waals surface area contributed by atoms with Gasteiger partial charge in [0.2, 0.25) is 5.88 Å². The van der Waals surface area contributed by atoms with Gasteiger partial charge in [0.25, 0.3) is 5.56 Å². The van der Waals surface area contributed by atoms with Crippen molar-refractivity contribution >= 4 is 20.4 Å². The van der Waals surface area contributed by atoms with Crippen molar-refractivity contribution in [1.82, 2.24) is 23.7 Å². The Morgan fingerprint density at radius 2 is 1.91 bits per heavy atom. The van der Waals surface area contributed by atoms with Gasteiger partial charge in [0.1, 0.15) is 5.82 Å². The third-order valence-corrected chi connectivity index (χ3v) is 9.61. The van der Waals surface area contributed by atoms with Crippen LogP contribution in [-0.2, 0) is 22.6 Å². The Hall–Kier alpha value is -3.33. The molecule has 4 heterocycles. The van der Waals surface area contributed by atoms with Crippen molar-refractivity contribution in [1.29, 1.82) is 0 Å². The lowest BCUT2D eigenvalue weighted by Gasteiger charge is -2.22. The minimum Gasteiger partial charge on any atom is -0.477 e. The second-order valence-electron chi connectivity index (χ2n) is 13.0. The Bertz CT molecular complexity index is 1770. The molecule has 45 heavy (non-hydrogen) atoms. The first kappa shape index (κ1) is 31.6. The maximum atomic E-state index is 14.3. The van der Waals surface area contributed by atoms with Crippen LogP contribution in [0.1, 0.15) is 70.0 Å². The van der Waals surface area contributed by atoms with Gasteiger partial charge in [-0.05, 0) is 75.7 Å². The van der Waals surface area contributed by atoms with Gasteiger partial charge in [-0.15, -0.1) is 9.24 Å². The molecular weight excluding hydrogens is 589 g/mol. The van der Waals surface area contributed by atoms with Crippen molar-refractivity contribution in [2.24, 2.45) is 5.92 Å². The first-order chi connectivity index (χ1) is 21.6. The van der Waals surface area contributed by atoms with Crippen LogP contribution in [0.4, 0.5) is 0 Å². The molecule has 0 amide bonds. The number of rotatable bonds is 12. The monoisotopic (exact) mass is 633 g/mol. The van der Waals surface area contributed by atoms with Crippen molar-refractivity contribution in [3.05, 3.63) is 74.6 Å². The number of benzene rings is 1. The molecule has 10 nitrogen and oxygen atoms in total. The molecule has 1 saturated carbocycles. The average Bonchev–Trinajstić information content (AvgIpc) is 3.48. The van der Waals surface area contributed by atoms with E-state index in [1.54, 1.807) is 10.8 Å². The second-order valence-corrected chi connectivity index (χ2v) is 14.3. The number of fused-ring (bicyclic) bond motifs is 1. The van der Waals surface area contributed by atoms with Crippen LogP contribution >= 0.6 is 9.24 Å². The second kappa shape index (κ2) is 13.2. The van der Waals surface area contributed by atoms with E-state index in [0.29, 0.717) is 67.1 Å². The van der Waals surface area contributed by atoms with Crippen LogP contribution in [0, 0.1) is 12.8 Å². The van der Waals surface area contributed by atoms with E-state index in [4.69, 9.17) is 19.2 Å². The topological polar surface area (TPSA) is 102 Å². The highest BCUT2D eigenvalue weighted by Gasteiger charge is 2.46. The standard InChI is InChI=1S/C34H44N5O5P/c1-22(2)39-30-28(32(40)37(33(39)41)16-8-18-43-27-10-5-6-17-42-27)38(20-24-13-11-23(3)12-14-24)29(36-30)26-9-7-15-35-31(26)44-21-25-19-34(25,4)45/h7,9,11-15,22,25,27H,5-6,8,10,16-21,45H2,1-4H3. The number of aromatic nitrogens is 5.